The molecule has 0 atom stereocenters. The molecule has 12 heteroatoms. The topological polar surface area (TPSA) is 144 Å². The van der Waals surface area contributed by atoms with Crippen LogP contribution in [0.4, 0.5) is 4.39 Å². The predicted octanol–water partition coefficient (Wildman–Crippen LogP) is 0.356. The fourth-order valence-electron chi connectivity index (χ4n) is 3.47. The Morgan fingerprint density at radius 1 is 1.38 bits per heavy atom. The summed E-state index contributed by atoms with van der Waals surface area (Å²) in [6.07, 6.45) is 1.43. The third-order valence-corrected chi connectivity index (χ3v) is 5.11. The first-order valence-corrected chi connectivity index (χ1v) is 9.78. The second-order valence-corrected chi connectivity index (χ2v) is 7.72. The molecule has 0 saturated carbocycles. The van der Waals surface area contributed by atoms with E-state index in [1.807, 2.05) is 0 Å². The Labute approximate surface area is 181 Å². The van der Waals surface area contributed by atoms with Crippen LogP contribution in [-0.4, -0.2) is 47.3 Å². The van der Waals surface area contributed by atoms with Crippen molar-refractivity contribution >= 4 is 5.91 Å². The van der Waals surface area contributed by atoms with Crippen LogP contribution in [0.3, 0.4) is 0 Å². The predicted molar refractivity (Wildman–Crippen MR) is 108 cm³/mol. The van der Waals surface area contributed by atoms with E-state index < -0.39 is 34.3 Å². The highest BCUT2D eigenvalue weighted by atomic mass is 19.1. The van der Waals surface area contributed by atoms with Crippen LogP contribution in [-0.2, 0) is 30.0 Å². The summed E-state index contributed by atoms with van der Waals surface area (Å²) in [5.41, 5.74) is -0.994. The van der Waals surface area contributed by atoms with Crippen LogP contribution in [0.15, 0.2) is 29.2 Å². The number of halogens is 1. The van der Waals surface area contributed by atoms with Gasteiger partial charge in [-0.2, -0.15) is 0 Å². The number of aromatic nitrogens is 5. The van der Waals surface area contributed by atoms with Crippen molar-refractivity contribution in [2.24, 2.45) is 0 Å². The number of amides is 1. The monoisotopic (exact) mass is 444 g/mol. The van der Waals surface area contributed by atoms with Gasteiger partial charge in [-0.3, -0.25) is 14.2 Å². The van der Waals surface area contributed by atoms with E-state index >= 15 is 0 Å². The molecule has 0 aliphatic carbocycles. The lowest BCUT2D eigenvalue weighted by Crippen LogP contribution is -2.42. The maximum atomic E-state index is 13.8. The van der Waals surface area contributed by atoms with E-state index in [9.17, 15) is 24.2 Å². The van der Waals surface area contributed by atoms with Crippen molar-refractivity contribution in [1.82, 2.24) is 29.9 Å². The number of carbonyl (C=O) groups excluding carboxylic acids is 1. The summed E-state index contributed by atoms with van der Waals surface area (Å²) in [4.78, 5) is 29.6. The van der Waals surface area contributed by atoms with E-state index in [1.54, 1.807) is 13.8 Å². The van der Waals surface area contributed by atoms with Crippen LogP contribution in [0.1, 0.15) is 41.4 Å². The summed E-state index contributed by atoms with van der Waals surface area (Å²) in [5, 5.41) is 29.7. The Bertz CT molecular complexity index is 1250. The Hall–Kier alpha value is -3.64. The molecule has 32 heavy (non-hydrogen) atoms. The molecule has 3 N–H and O–H groups in total. The molecule has 0 saturated heterocycles. The highest BCUT2D eigenvalue weighted by Gasteiger charge is 2.34. The van der Waals surface area contributed by atoms with Crippen molar-refractivity contribution in [1.29, 1.82) is 0 Å². The molecule has 0 radical (unpaired) electrons. The van der Waals surface area contributed by atoms with Gasteiger partial charge in [0, 0.05) is 6.54 Å². The highest BCUT2D eigenvalue weighted by molar-refractivity contribution is 5.94. The van der Waals surface area contributed by atoms with Gasteiger partial charge in [-0.1, -0.05) is 11.3 Å². The standard InChI is InChI=1S/C20H21FN6O5/c1-20(2)19-23-15(16(29)18(31)26(19)5-6-32-20)17(30)22-8-11-3-4-12(21)7-14(11)27-9-13(10-28)24-25-27/h3-4,7,9,28-29H,5-6,8,10H2,1-2H3,(H,22,30). The first-order valence-electron chi connectivity index (χ1n) is 9.78. The zero-order valence-corrected chi connectivity index (χ0v) is 17.4. The van der Waals surface area contributed by atoms with Crippen molar-refractivity contribution in [3.8, 4) is 11.4 Å². The fourth-order valence-corrected chi connectivity index (χ4v) is 3.47. The molecular formula is C20H21FN6O5. The minimum absolute atomic E-state index is 0.0812. The molecule has 0 fully saturated rings. The summed E-state index contributed by atoms with van der Waals surface area (Å²) >= 11 is 0. The van der Waals surface area contributed by atoms with Gasteiger partial charge >= 0.3 is 0 Å². The number of aromatic hydroxyl groups is 1. The molecule has 4 rings (SSSR count). The molecule has 1 amide bonds. The van der Waals surface area contributed by atoms with Crippen LogP contribution < -0.4 is 10.9 Å². The number of aliphatic hydroxyl groups is 1. The lowest BCUT2D eigenvalue weighted by Gasteiger charge is -2.32. The van der Waals surface area contributed by atoms with Crippen LogP contribution >= 0.6 is 0 Å². The normalized spacial score (nSPS) is 14.8. The van der Waals surface area contributed by atoms with Gasteiger partial charge in [0.2, 0.25) is 5.75 Å². The number of aliphatic hydroxyl groups excluding tert-OH is 1. The molecule has 0 bridgehead atoms. The van der Waals surface area contributed by atoms with Crippen molar-refractivity contribution in [2.45, 2.75) is 39.1 Å². The second kappa shape index (κ2) is 8.13. The Morgan fingerprint density at radius 3 is 2.88 bits per heavy atom. The first-order chi connectivity index (χ1) is 15.2. The van der Waals surface area contributed by atoms with Crippen LogP contribution in [0, 0.1) is 5.82 Å². The van der Waals surface area contributed by atoms with Crippen LogP contribution in [0.25, 0.3) is 5.69 Å². The number of carbonyl (C=O) groups is 1. The lowest BCUT2D eigenvalue weighted by atomic mass is 10.1. The number of benzene rings is 1. The third kappa shape index (κ3) is 3.85. The maximum Gasteiger partial charge on any atom is 0.296 e. The van der Waals surface area contributed by atoms with Crippen molar-refractivity contribution in [2.75, 3.05) is 6.61 Å². The number of fused-ring (bicyclic) bond motifs is 1. The quantitative estimate of drug-likeness (QED) is 0.512. The van der Waals surface area contributed by atoms with Crippen molar-refractivity contribution < 1.29 is 24.1 Å². The molecule has 0 spiro atoms. The Morgan fingerprint density at radius 2 is 2.16 bits per heavy atom. The number of hydrogen-bond acceptors (Lipinski definition) is 8. The molecule has 3 aromatic rings. The van der Waals surface area contributed by atoms with Crippen LogP contribution in [0.5, 0.6) is 5.75 Å². The Balaban J connectivity index is 1.63. The highest BCUT2D eigenvalue weighted by Crippen LogP contribution is 2.27. The maximum absolute atomic E-state index is 13.8. The van der Waals surface area contributed by atoms with Gasteiger partial charge in [0.05, 0.1) is 31.6 Å². The second-order valence-electron chi connectivity index (χ2n) is 7.72. The van der Waals surface area contributed by atoms with E-state index in [2.05, 4.69) is 20.6 Å². The molecule has 3 heterocycles. The summed E-state index contributed by atoms with van der Waals surface area (Å²) in [7, 11) is 0. The third-order valence-electron chi connectivity index (χ3n) is 5.11. The molecule has 0 unspecified atom stereocenters. The first kappa shape index (κ1) is 21.6. The number of nitrogens with zero attached hydrogens (tertiary/aromatic N) is 5. The van der Waals surface area contributed by atoms with Gasteiger partial charge in [-0.15, -0.1) is 5.10 Å². The Kier molecular flexibility index (Phi) is 5.48. The van der Waals surface area contributed by atoms with Gasteiger partial charge in [-0.25, -0.2) is 14.1 Å². The molecule has 1 aliphatic rings. The summed E-state index contributed by atoms with van der Waals surface area (Å²) < 4.78 is 22.0. The van der Waals surface area contributed by atoms with Gasteiger partial charge in [-0.05, 0) is 31.5 Å². The molecular weight excluding hydrogens is 423 g/mol. The van der Waals surface area contributed by atoms with E-state index in [-0.39, 0.29) is 37.8 Å². The van der Waals surface area contributed by atoms with Gasteiger partial charge in [0.1, 0.15) is 22.9 Å². The average Bonchev–Trinajstić information content (AvgIpc) is 3.24. The zero-order chi connectivity index (χ0) is 23.0. The van der Waals surface area contributed by atoms with E-state index in [0.717, 1.165) is 0 Å². The number of nitrogens with one attached hydrogen (secondary N) is 1. The average molecular weight is 444 g/mol. The number of hydrogen-bond donors (Lipinski definition) is 3. The summed E-state index contributed by atoms with van der Waals surface area (Å²) in [6, 6.07) is 3.88. The number of ether oxygens (including phenoxy) is 1. The largest absolute Gasteiger partial charge is 0.501 e. The van der Waals surface area contributed by atoms with Gasteiger partial charge < -0.3 is 20.3 Å². The van der Waals surface area contributed by atoms with Gasteiger partial charge in [0.25, 0.3) is 11.5 Å². The minimum atomic E-state index is -0.915. The van der Waals surface area contributed by atoms with Gasteiger partial charge in [0.15, 0.2) is 5.69 Å². The minimum Gasteiger partial charge on any atom is -0.501 e. The van der Waals surface area contributed by atoms with E-state index in [4.69, 9.17) is 4.74 Å². The van der Waals surface area contributed by atoms with E-state index in [1.165, 1.54) is 33.6 Å². The zero-order valence-electron chi connectivity index (χ0n) is 17.4. The molecule has 11 nitrogen and oxygen atoms in total. The van der Waals surface area contributed by atoms with Crippen LogP contribution in [0.2, 0.25) is 0 Å². The fraction of sp³-hybridized carbons (Fsp3) is 0.350. The SMILES string of the molecule is CC1(C)OCCn2c1nc(C(=O)NCc1ccc(F)cc1-n1cc(CO)nn1)c(O)c2=O. The molecule has 168 valence electrons. The molecule has 1 aliphatic heterocycles. The lowest BCUT2D eigenvalue weighted by molar-refractivity contribution is -0.0566. The summed E-state index contributed by atoms with van der Waals surface area (Å²) in [5.74, 6) is -1.83. The van der Waals surface area contributed by atoms with Crippen molar-refractivity contribution in [3.05, 3.63) is 63.3 Å². The van der Waals surface area contributed by atoms with E-state index in [0.29, 0.717) is 11.3 Å². The van der Waals surface area contributed by atoms with Crippen molar-refractivity contribution in [3.63, 3.8) is 0 Å². The number of rotatable bonds is 5. The molecule has 2 aromatic heterocycles. The summed E-state index contributed by atoms with van der Waals surface area (Å²) in [6.45, 7) is 3.51. The molecule has 1 aromatic carbocycles. The smallest absolute Gasteiger partial charge is 0.296 e.